The molecule has 1 saturated carbocycles. The number of nitrogens with zero attached hydrogens (tertiary/aromatic N) is 3. The Kier molecular flexibility index (Phi) is 6.50. The molecule has 9 nitrogen and oxygen atoms in total. The number of carbonyl (C=O) groups is 3. The SMILES string of the molecule is CC(C)n1ncc2c(C(=O)OCC(=O)NC(=O)NC3CCCC3)cc(-c3cccs3)nc21. The Morgan fingerprint density at radius 2 is 2.06 bits per heavy atom. The fraction of sp³-hybridized carbons (Fsp3) is 0.409. The lowest BCUT2D eigenvalue weighted by molar-refractivity contribution is -0.123. The first-order valence-corrected chi connectivity index (χ1v) is 11.5. The maximum Gasteiger partial charge on any atom is 0.339 e. The quantitative estimate of drug-likeness (QED) is 0.548. The molecule has 0 spiro atoms. The third-order valence-corrected chi connectivity index (χ3v) is 6.22. The van der Waals surface area contributed by atoms with Crippen molar-refractivity contribution in [1.29, 1.82) is 0 Å². The van der Waals surface area contributed by atoms with E-state index in [2.05, 4.69) is 15.7 Å². The lowest BCUT2D eigenvalue weighted by Gasteiger charge is -2.12. The van der Waals surface area contributed by atoms with Crippen molar-refractivity contribution in [3.05, 3.63) is 35.3 Å². The normalized spacial score (nSPS) is 14.1. The van der Waals surface area contributed by atoms with Crippen LogP contribution in [-0.4, -0.2) is 45.3 Å². The summed E-state index contributed by atoms with van der Waals surface area (Å²) in [5.74, 6) is -1.36. The Labute approximate surface area is 189 Å². The number of imide groups is 1. The molecule has 0 bridgehead atoms. The van der Waals surface area contributed by atoms with E-state index < -0.39 is 24.5 Å². The van der Waals surface area contributed by atoms with Gasteiger partial charge in [0.2, 0.25) is 0 Å². The monoisotopic (exact) mass is 455 g/mol. The summed E-state index contributed by atoms with van der Waals surface area (Å²) in [7, 11) is 0. The summed E-state index contributed by atoms with van der Waals surface area (Å²) >= 11 is 1.51. The number of nitrogens with one attached hydrogen (secondary N) is 2. The molecule has 3 amide bonds. The van der Waals surface area contributed by atoms with Gasteiger partial charge in [-0.1, -0.05) is 18.9 Å². The van der Waals surface area contributed by atoms with Gasteiger partial charge in [0.15, 0.2) is 12.3 Å². The van der Waals surface area contributed by atoms with Gasteiger partial charge in [-0.05, 0) is 44.2 Å². The molecule has 1 aliphatic rings. The molecule has 3 aromatic rings. The van der Waals surface area contributed by atoms with Crippen LogP contribution in [-0.2, 0) is 9.53 Å². The van der Waals surface area contributed by atoms with Gasteiger partial charge in [0.1, 0.15) is 0 Å². The minimum atomic E-state index is -0.685. The molecule has 0 aromatic carbocycles. The molecule has 3 heterocycles. The first-order chi connectivity index (χ1) is 15.4. The highest BCUT2D eigenvalue weighted by Gasteiger charge is 2.22. The molecule has 0 aliphatic heterocycles. The van der Waals surface area contributed by atoms with Gasteiger partial charge in [0.25, 0.3) is 5.91 Å². The molecule has 0 radical (unpaired) electrons. The number of hydrogen-bond acceptors (Lipinski definition) is 7. The van der Waals surface area contributed by atoms with Crippen molar-refractivity contribution >= 4 is 40.3 Å². The van der Waals surface area contributed by atoms with Gasteiger partial charge in [-0.25, -0.2) is 19.3 Å². The molecule has 1 aliphatic carbocycles. The minimum Gasteiger partial charge on any atom is -0.452 e. The number of urea groups is 1. The van der Waals surface area contributed by atoms with Crippen LogP contribution in [0.1, 0.15) is 55.9 Å². The third-order valence-electron chi connectivity index (χ3n) is 5.33. The molecule has 10 heteroatoms. The average Bonchev–Trinajstić information content (AvgIpc) is 3.52. The first-order valence-electron chi connectivity index (χ1n) is 10.6. The van der Waals surface area contributed by atoms with Crippen molar-refractivity contribution in [1.82, 2.24) is 25.4 Å². The number of fused-ring (bicyclic) bond motifs is 1. The molecule has 2 N–H and O–H groups in total. The Morgan fingerprint density at radius 3 is 2.75 bits per heavy atom. The van der Waals surface area contributed by atoms with Crippen LogP contribution in [0.4, 0.5) is 4.79 Å². The van der Waals surface area contributed by atoms with Crippen molar-refractivity contribution in [3.63, 3.8) is 0 Å². The van der Waals surface area contributed by atoms with Gasteiger partial charge in [-0.3, -0.25) is 10.1 Å². The summed E-state index contributed by atoms with van der Waals surface area (Å²) in [6.45, 7) is 3.39. The van der Waals surface area contributed by atoms with Crippen LogP contribution in [0.3, 0.4) is 0 Å². The van der Waals surface area contributed by atoms with E-state index in [9.17, 15) is 14.4 Å². The van der Waals surface area contributed by atoms with Gasteiger partial charge >= 0.3 is 12.0 Å². The lowest BCUT2D eigenvalue weighted by atomic mass is 10.1. The van der Waals surface area contributed by atoms with Crippen molar-refractivity contribution in [3.8, 4) is 10.6 Å². The molecule has 0 saturated heterocycles. The molecular formula is C22H25N5O4S. The predicted octanol–water partition coefficient (Wildman–Crippen LogP) is 3.67. The molecule has 168 valence electrons. The number of rotatable bonds is 6. The zero-order valence-corrected chi connectivity index (χ0v) is 18.8. The molecule has 0 unspecified atom stereocenters. The van der Waals surface area contributed by atoms with Crippen LogP contribution in [0.25, 0.3) is 21.6 Å². The second kappa shape index (κ2) is 9.47. The second-order valence-electron chi connectivity index (χ2n) is 8.03. The summed E-state index contributed by atoms with van der Waals surface area (Å²) in [5.41, 5.74) is 1.47. The van der Waals surface area contributed by atoms with E-state index in [4.69, 9.17) is 9.72 Å². The summed E-state index contributed by atoms with van der Waals surface area (Å²) in [6, 6.07) is 5.04. The Bertz CT molecular complexity index is 1130. The van der Waals surface area contributed by atoms with Crippen molar-refractivity contribution in [2.45, 2.75) is 51.6 Å². The topological polar surface area (TPSA) is 115 Å². The first kappa shape index (κ1) is 21.9. The summed E-state index contributed by atoms with van der Waals surface area (Å²) in [5, 5.41) is 11.8. The predicted molar refractivity (Wildman–Crippen MR) is 120 cm³/mol. The number of pyridine rings is 1. The summed E-state index contributed by atoms with van der Waals surface area (Å²) < 4.78 is 6.96. The average molecular weight is 456 g/mol. The zero-order chi connectivity index (χ0) is 22.7. The Balaban J connectivity index is 1.49. The fourth-order valence-corrected chi connectivity index (χ4v) is 4.46. The number of hydrogen-bond donors (Lipinski definition) is 2. The van der Waals surface area contributed by atoms with Crippen molar-refractivity contribution < 1.29 is 19.1 Å². The number of aromatic nitrogens is 3. The van der Waals surface area contributed by atoms with Crippen LogP contribution in [0.2, 0.25) is 0 Å². The number of thiophene rings is 1. The van der Waals surface area contributed by atoms with Gasteiger partial charge in [0, 0.05) is 12.1 Å². The fourth-order valence-electron chi connectivity index (χ4n) is 3.78. The second-order valence-corrected chi connectivity index (χ2v) is 8.98. The molecule has 4 rings (SSSR count). The van der Waals surface area contributed by atoms with Gasteiger partial charge in [-0.15, -0.1) is 11.3 Å². The van der Waals surface area contributed by atoms with Crippen LogP contribution in [0.15, 0.2) is 29.8 Å². The van der Waals surface area contributed by atoms with E-state index in [1.54, 1.807) is 16.9 Å². The standard InChI is InChI=1S/C22H25N5O4S/c1-13(2)27-20-16(11-23-27)15(10-17(25-20)18-8-5-9-32-18)21(29)31-12-19(28)26-22(30)24-14-6-3-4-7-14/h5,8-11,13-14H,3-4,6-7,12H2,1-2H3,(H2,24,26,28,30). The lowest BCUT2D eigenvalue weighted by Crippen LogP contribution is -2.45. The number of amides is 3. The van der Waals surface area contributed by atoms with E-state index in [1.807, 2.05) is 31.4 Å². The van der Waals surface area contributed by atoms with E-state index in [0.717, 1.165) is 30.6 Å². The molecule has 3 aromatic heterocycles. The highest BCUT2D eigenvalue weighted by Crippen LogP contribution is 2.29. The Morgan fingerprint density at radius 1 is 1.28 bits per heavy atom. The molecule has 0 atom stereocenters. The number of carbonyl (C=O) groups excluding carboxylic acids is 3. The van der Waals surface area contributed by atoms with Gasteiger partial charge in [0.05, 0.1) is 27.7 Å². The van der Waals surface area contributed by atoms with Crippen LogP contribution < -0.4 is 10.6 Å². The minimum absolute atomic E-state index is 0.0478. The highest BCUT2D eigenvalue weighted by atomic mass is 32.1. The smallest absolute Gasteiger partial charge is 0.339 e. The van der Waals surface area contributed by atoms with E-state index in [-0.39, 0.29) is 17.6 Å². The summed E-state index contributed by atoms with van der Waals surface area (Å²) in [6.07, 6.45) is 5.53. The summed E-state index contributed by atoms with van der Waals surface area (Å²) in [4.78, 5) is 42.5. The van der Waals surface area contributed by atoms with Crippen LogP contribution >= 0.6 is 11.3 Å². The van der Waals surface area contributed by atoms with Gasteiger partial charge in [-0.2, -0.15) is 5.10 Å². The van der Waals surface area contributed by atoms with Crippen LogP contribution in [0.5, 0.6) is 0 Å². The van der Waals surface area contributed by atoms with Crippen molar-refractivity contribution in [2.24, 2.45) is 0 Å². The molecular weight excluding hydrogens is 430 g/mol. The molecule has 1 fully saturated rings. The largest absolute Gasteiger partial charge is 0.452 e. The van der Waals surface area contributed by atoms with Crippen LogP contribution in [0, 0.1) is 0 Å². The zero-order valence-electron chi connectivity index (χ0n) is 18.0. The highest BCUT2D eigenvalue weighted by molar-refractivity contribution is 7.13. The third kappa shape index (κ3) is 4.80. The van der Waals surface area contributed by atoms with Crippen molar-refractivity contribution in [2.75, 3.05) is 6.61 Å². The maximum atomic E-state index is 12.9. The number of ether oxygens (including phenoxy) is 1. The van der Waals surface area contributed by atoms with E-state index in [0.29, 0.717) is 16.7 Å². The van der Waals surface area contributed by atoms with E-state index >= 15 is 0 Å². The Hall–Kier alpha value is -3.27. The maximum absolute atomic E-state index is 12.9. The van der Waals surface area contributed by atoms with E-state index in [1.165, 1.54) is 11.3 Å². The molecule has 32 heavy (non-hydrogen) atoms. The number of esters is 1. The van der Waals surface area contributed by atoms with Gasteiger partial charge < -0.3 is 10.1 Å².